The molecular formula is C12H22N2O2. The lowest BCUT2D eigenvalue weighted by molar-refractivity contribution is -0.129. The highest BCUT2D eigenvalue weighted by Gasteiger charge is 2.34. The molecule has 0 aromatic carbocycles. The van der Waals surface area contributed by atoms with Crippen molar-refractivity contribution in [2.75, 3.05) is 26.8 Å². The van der Waals surface area contributed by atoms with Gasteiger partial charge in [-0.25, -0.2) is 0 Å². The zero-order valence-electron chi connectivity index (χ0n) is 10.1. The number of rotatable bonds is 7. The summed E-state index contributed by atoms with van der Waals surface area (Å²) in [6, 6.07) is 0.734. The largest absolute Gasteiger partial charge is 0.385 e. The fourth-order valence-electron chi connectivity index (χ4n) is 2.20. The Morgan fingerprint density at radius 3 is 2.88 bits per heavy atom. The van der Waals surface area contributed by atoms with Crippen molar-refractivity contribution in [2.24, 2.45) is 0 Å². The maximum Gasteiger partial charge on any atom is 0.239 e. The van der Waals surface area contributed by atoms with Crippen LogP contribution in [-0.4, -0.2) is 49.7 Å². The highest BCUT2D eigenvalue weighted by atomic mass is 16.5. The van der Waals surface area contributed by atoms with Crippen molar-refractivity contribution < 1.29 is 9.53 Å². The zero-order chi connectivity index (χ0) is 11.4. The summed E-state index contributed by atoms with van der Waals surface area (Å²) in [5, 5.41) is 3.42. The molecule has 1 unspecified atom stereocenters. The number of likely N-dealkylation sites (tertiary alicyclic amines) is 1. The Labute approximate surface area is 97.3 Å². The van der Waals surface area contributed by atoms with E-state index in [9.17, 15) is 4.79 Å². The molecule has 0 spiro atoms. The van der Waals surface area contributed by atoms with Crippen LogP contribution in [0.15, 0.2) is 0 Å². The molecule has 1 atom stereocenters. The van der Waals surface area contributed by atoms with Crippen LogP contribution in [0.2, 0.25) is 0 Å². The summed E-state index contributed by atoms with van der Waals surface area (Å²) in [5.74, 6) is 0.310. The van der Waals surface area contributed by atoms with Gasteiger partial charge in [-0.3, -0.25) is 4.79 Å². The Kier molecular flexibility index (Phi) is 4.18. The minimum atomic E-state index is 0.106. The van der Waals surface area contributed by atoms with E-state index in [0.717, 1.165) is 39.0 Å². The van der Waals surface area contributed by atoms with E-state index in [0.29, 0.717) is 11.9 Å². The molecule has 1 aliphatic heterocycles. The van der Waals surface area contributed by atoms with E-state index in [1.807, 2.05) is 4.90 Å². The number of nitrogens with one attached hydrogen (secondary N) is 1. The molecule has 1 saturated carbocycles. The number of carbonyl (C=O) groups excluding carboxylic acids is 1. The number of nitrogens with zero attached hydrogens (tertiary/aromatic N) is 1. The van der Waals surface area contributed by atoms with Crippen LogP contribution >= 0.6 is 0 Å². The summed E-state index contributed by atoms with van der Waals surface area (Å²) in [6.45, 7) is 2.62. The fraction of sp³-hybridized carbons (Fsp3) is 0.917. The Hall–Kier alpha value is -0.610. The predicted octanol–water partition coefficient (Wildman–Crippen LogP) is 0.766. The quantitative estimate of drug-likeness (QED) is 0.652. The SMILES string of the molecule is COCCCCN1CCC(NC2CC2)C1=O. The first-order chi connectivity index (χ1) is 7.81. The number of carbonyl (C=O) groups is 1. The summed E-state index contributed by atoms with van der Waals surface area (Å²) in [5.41, 5.74) is 0. The molecule has 2 rings (SSSR count). The second-order valence-corrected chi connectivity index (χ2v) is 4.81. The van der Waals surface area contributed by atoms with Gasteiger partial charge in [0.2, 0.25) is 5.91 Å². The van der Waals surface area contributed by atoms with Gasteiger partial charge in [0.25, 0.3) is 0 Å². The van der Waals surface area contributed by atoms with Crippen molar-refractivity contribution in [3.8, 4) is 0 Å². The first kappa shape index (κ1) is 11.9. The number of unbranched alkanes of at least 4 members (excludes halogenated alkanes) is 1. The molecule has 0 aromatic heterocycles. The highest BCUT2D eigenvalue weighted by molar-refractivity contribution is 5.84. The average Bonchev–Trinajstić information content (AvgIpc) is 3.03. The third-order valence-electron chi connectivity index (χ3n) is 3.34. The molecule has 16 heavy (non-hydrogen) atoms. The van der Waals surface area contributed by atoms with Crippen LogP contribution in [0.3, 0.4) is 0 Å². The molecule has 2 fully saturated rings. The molecule has 92 valence electrons. The van der Waals surface area contributed by atoms with Crippen LogP contribution in [-0.2, 0) is 9.53 Å². The lowest BCUT2D eigenvalue weighted by Crippen LogP contribution is -2.39. The molecular weight excluding hydrogens is 204 g/mol. The van der Waals surface area contributed by atoms with Gasteiger partial charge in [0.05, 0.1) is 6.04 Å². The predicted molar refractivity (Wildman–Crippen MR) is 62.3 cm³/mol. The number of amides is 1. The number of ether oxygens (including phenoxy) is 1. The number of hydrogen-bond acceptors (Lipinski definition) is 3. The van der Waals surface area contributed by atoms with E-state index in [-0.39, 0.29) is 6.04 Å². The van der Waals surface area contributed by atoms with E-state index in [2.05, 4.69) is 5.32 Å². The van der Waals surface area contributed by atoms with Gasteiger partial charge < -0.3 is 15.0 Å². The summed E-state index contributed by atoms with van der Waals surface area (Å²) >= 11 is 0. The van der Waals surface area contributed by atoms with Gasteiger partial charge >= 0.3 is 0 Å². The lowest BCUT2D eigenvalue weighted by atomic mass is 10.2. The van der Waals surface area contributed by atoms with Gasteiger partial charge in [0.15, 0.2) is 0 Å². The first-order valence-corrected chi connectivity index (χ1v) is 6.35. The molecule has 2 aliphatic rings. The van der Waals surface area contributed by atoms with Gasteiger partial charge in [0.1, 0.15) is 0 Å². The zero-order valence-corrected chi connectivity index (χ0v) is 10.1. The molecule has 1 heterocycles. The molecule has 0 aromatic rings. The average molecular weight is 226 g/mol. The first-order valence-electron chi connectivity index (χ1n) is 6.35. The second kappa shape index (κ2) is 5.64. The van der Waals surface area contributed by atoms with Crippen molar-refractivity contribution in [1.29, 1.82) is 0 Å². The van der Waals surface area contributed by atoms with Crippen molar-refractivity contribution in [3.05, 3.63) is 0 Å². The molecule has 4 heteroatoms. The van der Waals surface area contributed by atoms with Crippen LogP contribution in [0.4, 0.5) is 0 Å². The summed E-state index contributed by atoms with van der Waals surface area (Å²) in [7, 11) is 1.72. The van der Waals surface area contributed by atoms with Crippen molar-refractivity contribution in [3.63, 3.8) is 0 Å². The summed E-state index contributed by atoms with van der Waals surface area (Å²) in [4.78, 5) is 14.0. The molecule has 1 amide bonds. The lowest BCUT2D eigenvalue weighted by Gasteiger charge is -2.16. The van der Waals surface area contributed by atoms with Crippen molar-refractivity contribution in [2.45, 2.75) is 44.2 Å². The smallest absolute Gasteiger partial charge is 0.239 e. The normalized spacial score (nSPS) is 25.4. The van der Waals surface area contributed by atoms with Gasteiger partial charge in [-0.05, 0) is 32.1 Å². The standard InChI is InChI=1S/C12H22N2O2/c1-16-9-3-2-7-14-8-6-11(12(14)15)13-10-4-5-10/h10-11,13H,2-9H2,1H3. The monoisotopic (exact) mass is 226 g/mol. The van der Waals surface area contributed by atoms with Crippen molar-refractivity contribution in [1.82, 2.24) is 10.2 Å². The molecule has 1 N–H and O–H groups in total. The van der Waals surface area contributed by atoms with Crippen LogP contribution in [0, 0.1) is 0 Å². The van der Waals surface area contributed by atoms with Crippen molar-refractivity contribution >= 4 is 5.91 Å². The molecule has 1 aliphatic carbocycles. The topological polar surface area (TPSA) is 41.6 Å². The number of hydrogen-bond donors (Lipinski definition) is 1. The molecule has 0 bridgehead atoms. The fourth-order valence-corrected chi connectivity index (χ4v) is 2.20. The van der Waals surface area contributed by atoms with Gasteiger partial charge in [0, 0.05) is 32.8 Å². The molecule has 4 nitrogen and oxygen atoms in total. The van der Waals surface area contributed by atoms with Crippen LogP contribution in [0.25, 0.3) is 0 Å². The Morgan fingerprint density at radius 1 is 1.38 bits per heavy atom. The molecule has 0 radical (unpaired) electrons. The third kappa shape index (κ3) is 3.19. The Balaban J connectivity index is 1.65. The van der Waals surface area contributed by atoms with E-state index in [4.69, 9.17) is 4.74 Å². The van der Waals surface area contributed by atoms with Gasteiger partial charge in [-0.1, -0.05) is 0 Å². The van der Waals surface area contributed by atoms with Crippen LogP contribution in [0.5, 0.6) is 0 Å². The maximum atomic E-state index is 12.0. The van der Waals surface area contributed by atoms with E-state index in [1.165, 1.54) is 12.8 Å². The minimum absolute atomic E-state index is 0.106. The third-order valence-corrected chi connectivity index (χ3v) is 3.34. The maximum absolute atomic E-state index is 12.0. The van der Waals surface area contributed by atoms with Gasteiger partial charge in [-0.2, -0.15) is 0 Å². The highest BCUT2D eigenvalue weighted by Crippen LogP contribution is 2.22. The minimum Gasteiger partial charge on any atom is -0.385 e. The van der Waals surface area contributed by atoms with Crippen LogP contribution < -0.4 is 5.32 Å². The van der Waals surface area contributed by atoms with Crippen LogP contribution in [0.1, 0.15) is 32.1 Å². The molecule has 1 saturated heterocycles. The number of methoxy groups -OCH3 is 1. The van der Waals surface area contributed by atoms with Gasteiger partial charge in [-0.15, -0.1) is 0 Å². The van der Waals surface area contributed by atoms with E-state index >= 15 is 0 Å². The van der Waals surface area contributed by atoms with E-state index < -0.39 is 0 Å². The summed E-state index contributed by atoms with van der Waals surface area (Å²) < 4.78 is 5.00. The summed E-state index contributed by atoms with van der Waals surface area (Å²) in [6.07, 6.45) is 5.57. The van der Waals surface area contributed by atoms with E-state index in [1.54, 1.807) is 7.11 Å². The second-order valence-electron chi connectivity index (χ2n) is 4.81. The Bertz CT molecular complexity index is 241. The Morgan fingerprint density at radius 2 is 2.19 bits per heavy atom.